The fraction of sp³-hybridized carbons (Fsp3) is 0.350. The third-order valence-corrected chi connectivity index (χ3v) is 5.20. The fourth-order valence-electron chi connectivity index (χ4n) is 2.72. The third-order valence-electron chi connectivity index (χ3n) is 4.11. The summed E-state index contributed by atoms with van der Waals surface area (Å²) in [6.45, 7) is 6.37. The average molecular weight is 438 g/mol. The molecule has 160 valence electrons. The summed E-state index contributed by atoms with van der Waals surface area (Å²) in [5.41, 5.74) is -0.734. The molecule has 3 rings (SSSR count). The lowest BCUT2D eigenvalue weighted by Gasteiger charge is -2.15. The molecule has 30 heavy (non-hydrogen) atoms. The zero-order valence-electron chi connectivity index (χ0n) is 16.6. The van der Waals surface area contributed by atoms with Crippen LogP contribution in [0.25, 0.3) is 11.6 Å². The number of nitrogens with one attached hydrogen (secondary N) is 1. The maximum atomic E-state index is 12.9. The molecule has 0 spiro atoms. The van der Waals surface area contributed by atoms with Crippen molar-refractivity contribution in [3.63, 3.8) is 0 Å². The van der Waals surface area contributed by atoms with Gasteiger partial charge in [-0.25, -0.2) is 0 Å². The van der Waals surface area contributed by atoms with Crippen LogP contribution in [0.3, 0.4) is 0 Å². The van der Waals surface area contributed by atoms with E-state index in [-0.39, 0.29) is 5.69 Å². The predicted molar refractivity (Wildman–Crippen MR) is 108 cm³/mol. The van der Waals surface area contributed by atoms with Crippen molar-refractivity contribution in [3.05, 3.63) is 48.2 Å². The number of aromatic nitrogens is 3. The van der Waals surface area contributed by atoms with Crippen molar-refractivity contribution in [2.75, 3.05) is 5.32 Å². The molecule has 10 heteroatoms. The molecule has 0 saturated heterocycles. The molecule has 1 N–H and O–H groups in total. The average Bonchev–Trinajstić information content (AvgIpc) is 3.31. The Morgan fingerprint density at radius 2 is 1.97 bits per heavy atom. The number of halogens is 3. The molecule has 0 saturated carbocycles. The van der Waals surface area contributed by atoms with Gasteiger partial charge in [0, 0.05) is 12.2 Å². The summed E-state index contributed by atoms with van der Waals surface area (Å²) < 4.78 is 45.9. The van der Waals surface area contributed by atoms with Gasteiger partial charge in [0.05, 0.1) is 17.1 Å². The number of alkyl halides is 3. The van der Waals surface area contributed by atoms with Gasteiger partial charge in [0.1, 0.15) is 0 Å². The minimum atomic E-state index is -4.48. The number of nitrogens with zero attached hydrogens (tertiary/aromatic N) is 3. The van der Waals surface area contributed by atoms with E-state index in [1.807, 2.05) is 18.4 Å². The molecule has 1 aromatic carbocycles. The Labute approximate surface area is 175 Å². The first-order valence-corrected chi connectivity index (χ1v) is 10.1. The van der Waals surface area contributed by atoms with E-state index in [9.17, 15) is 18.0 Å². The van der Waals surface area contributed by atoms with Crippen LogP contribution < -0.4 is 5.32 Å². The van der Waals surface area contributed by atoms with Gasteiger partial charge in [-0.15, -0.1) is 10.2 Å². The summed E-state index contributed by atoms with van der Waals surface area (Å²) in [6, 6.07) is 8.07. The first-order valence-electron chi connectivity index (χ1n) is 9.27. The van der Waals surface area contributed by atoms with Crippen LogP contribution in [0.15, 0.2) is 52.2 Å². The van der Waals surface area contributed by atoms with Gasteiger partial charge in [-0.1, -0.05) is 31.7 Å². The number of hydrogen-bond donors (Lipinski definition) is 1. The highest BCUT2D eigenvalue weighted by Crippen LogP contribution is 2.31. The monoisotopic (exact) mass is 438 g/mol. The molecule has 0 bridgehead atoms. The molecule has 0 aliphatic rings. The second-order valence-electron chi connectivity index (χ2n) is 7.12. The Bertz CT molecular complexity index is 1000. The number of carbonyl (C=O) groups is 1. The van der Waals surface area contributed by atoms with Crippen molar-refractivity contribution >= 4 is 23.4 Å². The number of carbonyl (C=O) groups excluding carboxylic acids is 1. The lowest BCUT2D eigenvalue weighted by molar-refractivity contribution is -0.137. The van der Waals surface area contributed by atoms with E-state index in [4.69, 9.17) is 4.42 Å². The SMILES string of the molecule is CC(C)Cn1c(SC(C)C(=O)Nc2cccc(C(F)(F)F)c2)nnc1-c1ccco1. The Kier molecular flexibility index (Phi) is 6.55. The van der Waals surface area contributed by atoms with Gasteiger partial charge in [-0.2, -0.15) is 13.2 Å². The maximum Gasteiger partial charge on any atom is 0.416 e. The molecule has 0 fully saturated rings. The summed E-state index contributed by atoms with van der Waals surface area (Å²) >= 11 is 1.18. The minimum absolute atomic E-state index is 0.0854. The quantitative estimate of drug-likeness (QED) is 0.505. The van der Waals surface area contributed by atoms with Crippen LogP contribution in [0.4, 0.5) is 18.9 Å². The summed E-state index contributed by atoms with van der Waals surface area (Å²) in [7, 11) is 0. The van der Waals surface area contributed by atoms with Crippen molar-refractivity contribution in [1.29, 1.82) is 0 Å². The molecule has 0 aliphatic carbocycles. The molecular formula is C20H21F3N4O2S. The van der Waals surface area contributed by atoms with E-state index in [0.29, 0.717) is 29.2 Å². The van der Waals surface area contributed by atoms with Gasteiger partial charge in [-0.05, 0) is 43.2 Å². The van der Waals surface area contributed by atoms with Crippen molar-refractivity contribution < 1.29 is 22.4 Å². The Hall–Kier alpha value is -2.75. The van der Waals surface area contributed by atoms with Crippen molar-refractivity contribution in [1.82, 2.24) is 14.8 Å². The summed E-state index contributed by atoms with van der Waals surface area (Å²) in [5.74, 6) is 0.985. The molecule has 3 aromatic rings. The Morgan fingerprint density at radius 3 is 2.60 bits per heavy atom. The predicted octanol–water partition coefficient (Wildman–Crippen LogP) is 5.33. The number of thioether (sulfide) groups is 1. The van der Waals surface area contributed by atoms with Crippen LogP contribution in [0.1, 0.15) is 26.3 Å². The Balaban J connectivity index is 1.76. The zero-order chi connectivity index (χ0) is 21.9. The molecule has 1 unspecified atom stereocenters. The number of benzene rings is 1. The van der Waals surface area contributed by atoms with Gasteiger partial charge in [0.15, 0.2) is 16.7 Å². The van der Waals surface area contributed by atoms with E-state index < -0.39 is 22.9 Å². The molecule has 0 aliphatic heterocycles. The summed E-state index contributed by atoms with van der Waals surface area (Å²) in [5, 5.41) is 10.8. The zero-order valence-corrected chi connectivity index (χ0v) is 17.4. The molecule has 6 nitrogen and oxygen atoms in total. The molecule has 1 atom stereocenters. The molecule has 2 aromatic heterocycles. The fourth-order valence-corrected chi connectivity index (χ4v) is 3.58. The lowest BCUT2D eigenvalue weighted by Crippen LogP contribution is -2.23. The van der Waals surface area contributed by atoms with E-state index >= 15 is 0 Å². The number of furan rings is 1. The lowest BCUT2D eigenvalue weighted by atomic mass is 10.2. The van der Waals surface area contributed by atoms with Gasteiger partial charge in [0.25, 0.3) is 0 Å². The Morgan fingerprint density at radius 1 is 1.20 bits per heavy atom. The van der Waals surface area contributed by atoms with Crippen molar-refractivity contribution in [3.8, 4) is 11.6 Å². The van der Waals surface area contributed by atoms with Crippen molar-refractivity contribution in [2.45, 2.75) is 43.9 Å². The van der Waals surface area contributed by atoms with E-state index in [2.05, 4.69) is 15.5 Å². The number of hydrogen-bond acceptors (Lipinski definition) is 5. The highest BCUT2D eigenvalue weighted by atomic mass is 32.2. The highest BCUT2D eigenvalue weighted by Gasteiger charge is 2.30. The number of anilines is 1. The number of rotatable bonds is 7. The van der Waals surface area contributed by atoms with Crippen LogP contribution in [-0.2, 0) is 17.5 Å². The second-order valence-corrected chi connectivity index (χ2v) is 8.42. The smallest absolute Gasteiger partial charge is 0.416 e. The standard InChI is InChI=1S/C20H21F3N4O2S/c1-12(2)11-27-17(16-8-5-9-29-16)25-26-19(27)30-13(3)18(28)24-15-7-4-6-14(10-15)20(21,22)23/h4-10,12-13H,11H2,1-3H3,(H,24,28). The van der Waals surface area contributed by atoms with E-state index in [0.717, 1.165) is 12.1 Å². The van der Waals surface area contributed by atoms with Crippen LogP contribution in [0, 0.1) is 5.92 Å². The van der Waals surface area contributed by atoms with Crippen LogP contribution in [-0.4, -0.2) is 25.9 Å². The minimum Gasteiger partial charge on any atom is -0.461 e. The van der Waals surface area contributed by atoms with Crippen LogP contribution >= 0.6 is 11.8 Å². The topological polar surface area (TPSA) is 73.0 Å². The first kappa shape index (κ1) is 21.9. The summed E-state index contributed by atoms with van der Waals surface area (Å²) in [4.78, 5) is 12.6. The van der Waals surface area contributed by atoms with E-state index in [1.54, 1.807) is 25.3 Å². The maximum absolute atomic E-state index is 12.9. The van der Waals surface area contributed by atoms with Gasteiger partial charge in [-0.3, -0.25) is 9.36 Å². The van der Waals surface area contributed by atoms with Gasteiger partial charge < -0.3 is 9.73 Å². The van der Waals surface area contributed by atoms with Crippen LogP contribution in [0.5, 0.6) is 0 Å². The molecule has 0 radical (unpaired) electrons. The third kappa shape index (κ3) is 5.24. The van der Waals surface area contributed by atoms with E-state index in [1.165, 1.54) is 23.9 Å². The first-order chi connectivity index (χ1) is 14.1. The second kappa shape index (κ2) is 8.95. The van der Waals surface area contributed by atoms with Crippen molar-refractivity contribution in [2.24, 2.45) is 5.92 Å². The summed E-state index contributed by atoms with van der Waals surface area (Å²) in [6.07, 6.45) is -2.93. The molecule has 1 amide bonds. The van der Waals surface area contributed by atoms with Gasteiger partial charge >= 0.3 is 6.18 Å². The van der Waals surface area contributed by atoms with Crippen LogP contribution in [0.2, 0.25) is 0 Å². The number of amides is 1. The molecule has 2 heterocycles. The highest BCUT2D eigenvalue weighted by molar-refractivity contribution is 8.00. The van der Waals surface area contributed by atoms with Gasteiger partial charge in [0.2, 0.25) is 5.91 Å². The molecular weight excluding hydrogens is 417 g/mol. The largest absolute Gasteiger partial charge is 0.461 e. The normalized spacial score (nSPS) is 12.9.